The van der Waals surface area contributed by atoms with Crippen molar-refractivity contribution in [2.75, 3.05) is 39.0 Å². The van der Waals surface area contributed by atoms with Crippen LogP contribution in [0.2, 0.25) is 0 Å². The van der Waals surface area contributed by atoms with E-state index in [1.54, 1.807) is 12.1 Å². The minimum atomic E-state index is -0.447. The number of hydrogen-bond donors (Lipinski definition) is 2. The van der Waals surface area contributed by atoms with Crippen molar-refractivity contribution < 1.29 is 14.3 Å². The average Bonchev–Trinajstić information content (AvgIpc) is 2.71. The Morgan fingerprint density at radius 2 is 2.19 bits per heavy atom. The standard InChI is InChI=1S/C15H22FN3O2/c1-18(2)8-11-7-12(20)9-19(11)10-15(21)17-14-6-4-3-5-13(14)16/h3-6,11-12,20H,7-10H2,1-2H3,(H,17,21). The van der Waals surface area contributed by atoms with E-state index in [2.05, 4.69) is 5.32 Å². The van der Waals surface area contributed by atoms with E-state index in [4.69, 9.17) is 0 Å². The van der Waals surface area contributed by atoms with Gasteiger partial charge in [0, 0.05) is 19.1 Å². The minimum absolute atomic E-state index is 0.140. The molecule has 0 spiro atoms. The van der Waals surface area contributed by atoms with Gasteiger partial charge in [-0.1, -0.05) is 12.1 Å². The lowest BCUT2D eigenvalue weighted by Crippen LogP contribution is -2.41. The number of anilines is 1. The Balaban J connectivity index is 1.93. The summed E-state index contributed by atoms with van der Waals surface area (Å²) < 4.78 is 13.5. The highest BCUT2D eigenvalue weighted by molar-refractivity contribution is 5.92. The maximum atomic E-state index is 13.5. The van der Waals surface area contributed by atoms with Crippen molar-refractivity contribution in [1.29, 1.82) is 0 Å². The molecule has 0 aliphatic carbocycles. The summed E-state index contributed by atoms with van der Waals surface area (Å²) >= 11 is 0. The number of amides is 1. The molecule has 0 aromatic heterocycles. The SMILES string of the molecule is CN(C)CC1CC(O)CN1CC(=O)Nc1ccccc1F. The van der Waals surface area contributed by atoms with Gasteiger partial charge in [0.25, 0.3) is 0 Å². The first kappa shape index (κ1) is 15.9. The molecule has 1 heterocycles. The third-order valence-corrected chi connectivity index (χ3v) is 3.58. The fraction of sp³-hybridized carbons (Fsp3) is 0.533. The molecule has 1 amide bonds. The van der Waals surface area contributed by atoms with E-state index in [-0.39, 0.29) is 24.2 Å². The topological polar surface area (TPSA) is 55.8 Å². The molecule has 1 aromatic carbocycles. The summed E-state index contributed by atoms with van der Waals surface area (Å²) in [6, 6.07) is 6.23. The number of aliphatic hydroxyl groups excluding tert-OH is 1. The number of halogens is 1. The molecule has 1 saturated heterocycles. The Hall–Kier alpha value is -1.50. The van der Waals surface area contributed by atoms with Crippen molar-refractivity contribution in [3.05, 3.63) is 30.1 Å². The highest BCUT2D eigenvalue weighted by Crippen LogP contribution is 2.19. The molecule has 1 aliphatic rings. The van der Waals surface area contributed by atoms with Gasteiger partial charge < -0.3 is 15.3 Å². The molecule has 0 radical (unpaired) electrons. The second kappa shape index (κ2) is 6.98. The number of benzene rings is 1. The molecular formula is C15H22FN3O2. The molecule has 2 rings (SSSR count). The lowest BCUT2D eigenvalue weighted by atomic mass is 10.2. The lowest BCUT2D eigenvalue weighted by Gasteiger charge is -2.26. The Morgan fingerprint density at radius 1 is 1.48 bits per heavy atom. The largest absolute Gasteiger partial charge is 0.392 e. The van der Waals surface area contributed by atoms with Gasteiger partial charge in [0.05, 0.1) is 18.3 Å². The molecule has 0 saturated carbocycles. The van der Waals surface area contributed by atoms with E-state index in [9.17, 15) is 14.3 Å². The fourth-order valence-corrected chi connectivity index (χ4v) is 2.70. The van der Waals surface area contributed by atoms with Gasteiger partial charge in [0.2, 0.25) is 5.91 Å². The maximum absolute atomic E-state index is 13.5. The van der Waals surface area contributed by atoms with E-state index in [1.165, 1.54) is 12.1 Å². The van der Waals surface area contributed by atoms with Crippen molar-refractivity contribution in [1.82, 2.24) is 9.80 Å². The summed E-state index contributed by atoms with van der Waals surface area (Å²) in [4.78, 5) is 16.0. The van der Waals surface area contributed by atoms with Crippen LogP contribution >= 0.6 is 0 Å². The third kappa shape index (κ3) is 4.49. The Bertz CT molecular complexity index is 496. The normalized spacial score (nSPS) is 22.7. The van der Waals surface area contributed by atoms with E-state index in [1.807, 2.05) is 23.9 Å². The Labute approximate surface area is 124 Å². The first-order valence-corrected chi connectivity index (χ1v) is 7.07. The zero-order valence-electron chi connectivity index (χ0n) is 12.4. The first-order chi connectivity index (χ1) is 9.95. The van der Waals surface area contributed by atoms with Gasteiger partial charge in [-0.2, -0.15) is 0 Å². The zero-order chi connectivity index (χ0) is 15.4. The second-order valence-corrected chi connectivity index (χ2v) is 5.76. The van der Waals surface area contributed by atoms with Crippen molar-refractivity contribution in [3.63, 3.8) is 0 Å². The van der Waals surface area contributed by atoms with Crippen LogP contribution in [0.25, 0.3) is 0 Å². The highest BCUT2D eigenvalue weighted by Gasteiger charge is 2.32. The lowest BCUT2D eigenvalue weighted by molar-refractivity contribution is -0.117. The number of likely N-dealkylation sites (N-methyl/N-ethyl adjacent to an activating group) is 1. The molecule has 1 fully saturated rings. The predicted octanol–water partition coefficient (Wildman–Crippen LogP) is 0.761. The van der Waals surface area contributed by atoms with Gasteiger partial charge in [-0.15, -0.1) is 0 Å². The van der Waals surface area contributed by atoms with E-state index in [0.717, 1.165) is 6.54 Å². The summed E-state index contributed by atoms with van der Waals surface area (Å²) in [5.41, 5.74) is 0.186. The number of hydrogen-bond acceptors (Lipinski definition) is 4. The van der Waals surface area contributed by atoms with Crippen molar-refractivity contribution in [2.45, 2.75) is 18.6 Å². The molecule has 2 N–H and O–H groups in total. The summed E-state index contributed by atoms with van der Waals surface area (Å²) in [6.45, 7) is 1.41. The van der Waals surface area contributed by atoms with Crippen LogP contribution in [0.4, 0.5) is 10.1 Å². The van der Waals surface area contributed by atoms with Crippen LogP contribution in [0.15, 0.2) is 24.3 Å². The van der Waals surface area contributed by atoms with E-state index < -0.39 is 11.9 Å². The number of para-hydroxylation sites is 1. The minimum Gasteiger partial charge on any atom is -0.392 e. The molecule has 5 nitrogen and oxygen atoms in total. The zero-order valence-corrected chi connectivity index (χ0v) is 12.4. The monoisotopic (exact) mass is 295 g/mol. The van der Waals surface area contributed by atoms with Gasteiger partial charge in [-0.3, -0.25) is 9.69 Å². The van der Waals surface area contributed by atoms with E-state index in [0.29, 0.717) is 13.0 Å². The van der Waals surface area contributed by atoms with Crippen molar-refractivity contribution in [3.8, 4) is 0 Å². The van der Waals surface area contributed by atoms with Crippen LogP contribution < -0.4 is 5.32 Å². The molecule has 2 atom stereocenters. The second-order valence-electron chi connectivity index (χ2n) is 5.76. The van der Waals surface area contributed by atoms with Crippen LogP contribution in [-0.2, 0) is 4.79 Å². The van der Waals surface area contributed by atoms with Gasteiger partial charge >= 0.3 is 0 Å². The molecule has 1 aromatic rings. The smallest absolute Gasteiger partial charge is 0.238 e. The summed E-state index contributed by atoms with van der Waals surface area (Å²) in [7, 11) is 3.92. The Kier molecular flexibility index (Phi) is 5.27. The highest BCUT2D eigenvalue weighted by atomic mass is 19.1. The fourth-order valence-electron chi connectivity index (χ4n) is 2.70. The summed E-state index contributed by atoms with van der Waals surface area (Å²) in [6.07, 6.45) is 0.252. The number of aliphatic hydroxyl groups is 1. The van der Waals surface area contributed by atoms with Crippen molar-refractivity contribution >= 4 is 11.6 Å². The number of nitrogens with zero attached hydrogens (tertiary/aromatic N) is 2. The number of rotatable bonds is 5. The van der Waals surface area contributed by atoms with Crippen LogP contribution in [0.5, 0.6) is 0 Å². The van der Waals surface area contributed by atoms with Crippen LogP contribution in [-0.4, -0.2) is 66.7 Å². The number of carbonyl (C=O) groups is 1. The quantitative estimate of drug-likeness (QED) is 0.842. The van der Waals surface area contributed by atoms with Gasteiger partial charge in [0.15, 0.2) is 0 Å². The van der Waals surface area contributed by atoms with Crippen LogP contribution in [0, 0.1) is 5.82 Å². The number of nitrogens with one attached hydrogen (secondary N) is 1. The summed E-state index contributed by atoms with van der Waals surface area (Å²) in [5, 5.41) is 12.4. The van der Waals surface area contributed by atoms with E-state index >= 15 is 0 Å². The molecular weight excluding hydrogens is 273 g/mol. The Morgan fingerprint density at radius 3 is 2.86 bits per heavy atom. The van der Waals surface area contributed by atoms with Crippen molar-refractivity contribution in [2.24, 2.45) is 0 Å². The molecule has 21 heavy (non-hydrogen) atoms. The third-order valence-electron chi connectivity index (χ3n) is 3.58. The van der Waals surface area contributed by atoms with Gasteiger partial charge in [-0.05, 0) is 32.6 Å². The van der Waals surface area contributed by atoms with Gasteiger partial charge in [-0.25, -0.2) is 4.39 Å². The predicted molar refractivity (Wildman–Crippen MR) is 79.6 cm³/mol. The van der Waals surface area contributed by atoms with Gasteiger partial charge in [0.1, 0.15) is 5.82 Å². The van der Waals surface area contributed by atoms with Crippen LogP contribution in [0.3, 0.4) is 0 Å². The number of carbonyl (C=O) groups excluding carboxylic acids is 1. The first-order valence-electron chi connectivity index (χ1n) is 7.07. The molecule has 0 bridgehead atoms. The maximum Gasteiger partial charge on any atom is 0.238 e. The van der Waals surface area contributed by atoms with Crippen LogP contribution in [0.1, 0.15) is 6.42 Å². The average molecular weight is 295 g/mol. The molecule has 2 unspecified atom stereocenters. The number of β-amino-alcohol motifs (C(OH)–C–C–N with tert-alkyl or cyclic N) is 1. The molecule has 116 valence electrons. The molecule has 6 heteroatoms. The number of likely N-dealkylation sites (tertiary alicyclic amines) is 1. The molecule has 1 aliphatic heterocycles. The summed E-state index contributed by atoms with van der Waals surface area (Å²) in [5.74, 6) is -0.713.